The summed E-state index contributed by atoms with van der Waals surface area (Å²) in [6.07, 6.45) is 1.64. The van der Waals surface area contributed by atoms with Gasteiger partial charge < -0.3 is 29.0 Å². The smallest absolute Gasteiger partial charge is 0.295 e. The number of methoxy groups -OCH3 is 2. The third-order valence-electron chi connectivity index (χ3n) is 6.70. The van der Waals surface area contributed by atoms with Gasteiger partial charge in [0.1, 0.15) is 17.6 Å². The summed E-state index contributed by atoms with van der Waals surface area (Å²) < 4.78 is 22.5. The lowest BCUT2D eigenvalue weighted by atomic mass is 9.94. The van der Waals surface area contributed by atoms with E-state index in [9.17, 15) is 14.7 Å². The highest BCUT2D eigenvalue weighted by Crippen LogP contribution is 2.42. The largest absolute Gasteiger partial charge is 0.507 e. The van der Waals surface area contributed by atoms with Crippen molar-refractivity contribution in [2.24, 2.45) is 5.92 Å². The van der Waals surface area contributed by atoms with Gasteiger partial charge in [-0.3, -0.25) is 9.59 Å². The average molecular weight is 510 g/mol. The summed E-state index contributed by atoms with van der Waals surface area (Å²) in [4.78, 5) is 27.8. The molecule has 0 radical (unpaired) electrons. The number of hydrogen-bond acceptors (Lipinski definition) is 7. The van der Waals surface area contributed by atoms with E-state index in [1.807, 2.05) is 13.0 Å². The number of ether oxygens (including phenoxy) is 4. The SMILES string of the molecule is COCCN1C(=O)C(=O)C(=C(O)c2ccc3c(c2)C[C@@H](C)O3)[C@H]1c1ccc(OCCC(C)C)c(OC)c1. The van der Waals surface area contributed by atoms with Crippen LogP contribution in [-0.4, -0.2) is 61.8 Å². The fraction of sp³-hybridized carbons (Fsp3) is 0.448. The van der Waals surface area contributed by atoms with E-state index in [0.29, 0.717) is 41.6 Å². The van der Waals surface area contributed by atoms with Gasteiger partial charge in [0, 0.05) is 25.6 Å². The Hall–Kier alpha value is -3.52. The molecule has 37 heavy (non-hydrogen) atoms. The first-order chi connectivity index (χ1) is 17.7. The standard InChI is InChI=1S/C29H35NO7/c1-17(2)10-12-36-23-9-6-19(16-24(23)35-5)26-25(28(32)29(33)30(26)11-13-34-4)27(31)20-7-8-22-21(15-20)14-18(3)37-22/h6-9,15-18,26,31H,10-14H2,1-5H3/t18-,26-/m1/s1. The van der Waals surface area contributed by atoms with Crippen LogP contribution in [0.5, 0.6) is 17.2 Å². The molecule has 198 valence electrons. The third-order valence-corrected chi connectivity index (χ3v) is 6.70. The van der Waals surface area contributed by atoms with E-state index >= 15 is 0 Å². The molecule has 4 rings (SSSR count). The Bertz CT molecular complexity index is 1200. The van der Waals surface area contributed by atoms with Crippen LogP contribution in [0.15, 0.2) is 42.0 Å². The number of aliphatic hydroxyl groups is 1. The molecule has 2 aromatic rings. The van der Waals surface area contributed by atoms with Gasteiger partial charge >= 0.3 is 0 Å². The van der Waals surface area contributed by atoms with Gasteiger partial charge in [0.2, 0.25) is 0 Å². The lowest BCUT2D eigenvalue weighted by Gasteiger charge is -2.25. The van der Waals surface area contributed by atoms with Crippen molar-refractivity contribution in [3.05, 3.63) is 58.7 Å². The van der Waals surface area contributed by atoms with Crippen LogP contribution in [0.2, 0.25) is 0 Å². The summed E-state index contributed by atoms with van der Waals surface area (Å²) in [5, 5.41) is 11.4. The number of hydrogen-bond donors (Lipinski definition) is 1. The monoisotopic (exact) mass is 509 g/mol. The highest BCUT2D eigenvalue weighted by molar-refractivity contribution is 6.46. The molecule has 1 saturated heterocycles. The van der Waals surface area contributed by atoms with E-state index in [1.54, 1.807) is 37.4 Å². The molecule has 0 bridgehead atoms. The van der Waals surface area contributed by atoms with E-state index in [4.69, 9.17) is 18.9 Å². The molecule has 1 fully saturated rings. The second kappa shape index (κ2) is 11.3. The van der Waals surface area contributed by atoms with Crippen LogP contribution in [0.4, 0.5) is 0 Å². The molecular formula is C29H35NO7. The second-order valence-corrected chi connectivity index (χ2v) is 9.88. The summed E-state index contributed by atoms with van der Waals surface area (Å²) in [5.41, 5.74) is 2.07. The van der Waals surface area contributed by atoms with Crippen LogP contribution in [0.1, 0.15) is 49.9 Å². The van der Waals surface area contributed by atoms with E-state index in [1.165, 1.54) is 12.0 Å². The summed E-state index contributed by atoms with van der Waals surface area (Å²) in [7, 11) is 3.08. The minimum atomic E-state index is -0.808. The Kier molecular flexibility index (Phi) is 8.07. The minimum absolute atomic E-state index is 0.0311. The fourth-order valence-electron chi connectivity index (χ4n) is 4.75. The maximum absolute atomic E-state index is 13.3. The summed E-state index contributed by atoms with van der Waals surface area (Å²) in [6, 6.07) is 9.84. The predicted octanol–water partition coefficient (Wildman–Crippen LogP) is 4.51. The molecule has 1 N–H and O–H groups in total. The quantitative estimate of drug-likeness (QED) is 0.286. The molecule has 0 unspecified atom stereocenters. The van der Waals surface area contributed by atoms with Crippen molar-refractivity contribution in [2.75, 3.05) is 34.0 Å². The molecule has 2 atom stereocenters. The number of fused-ring (bicyclic) bond motifs is 1. The van der Waals surface area contributed by atoms with Gasteiger partial charge in [-0.2, -0.15) is 0 Å². The third kappa shape index (κ3) is 5.44. The molecule has 0 spiro atoms. The summed E-state index contributed by atoms with van der Waals surface area (Å²) >= 11 is 0. The van der Waals surface area contributed by atoms with Crippen LogP contribution in [0, 0.1) is 5.92 Å². The number of ketones is 1. The van der Waals surface area contributed by atoms with Crippen molar-refractivity contribution in [1.82, 2.24) is 4.90 Å². The molecular weight excluding hydrogens is 474 g/mol. The van der Waals surface area contributed by atoms with E-state index in [2.05, 4.69) is 13.8 Å². The number of nitrogens with zero attached hydrogens (tertiary/aromatic N) is 1. The van der Waals surface area contributed by atoms with Crippen LogP contribution >= 0.6 is 0 Å². The predicted molar refractivity (Wildman–Crippen MR) is 139 cm³/mol. The molecule has 0 aliphatic carbocycles. The van der Waals surface area contributed by atoms with Gasteiger partial charge in [-0.1, -0.05) is 19.9 Å². The van der Waals surface area contributed by atoms with E-state index in [0.717, 1.165) is 17.7 Å². The summed E-state index contributed by atoms with van der Waals surface area (Å²) in [6.45, 7) is 7.20. The van der Waals surface area contributed by atoms with Gasteiger partial charge in [-0.15, -0.1) is 0 Å². The Labute approximate surface area is 217 Å². The van der Waals surface area contributed by atoms with Gasteiger partial charge in [-0.05, 0) is 60.7 Å². The normalized spacial score (nSPS) is 20.3. The number of amides is 1. The minimum Gasteiger partial charge on any atom is -0.507 e. The van der Waals surface area contributed by atoms with Gasteiger partial charge in [-0.25, -0.2) is 0 Å². The molecule has 0 aromatic heterocycles. The number of Topliss-reactive ketones (excluding diaryl/α,β-unsaturated/α-hetero) is 1. The molecule has 1 amide bonds. The highest BCUT2D eigenvalue weighted by Gasteiger charge is 2.46. The zero-order valence-corrected chi connectivity index (χ0v) is 22.1. The zero-order valence-electron chi connectivity index (χ0n) is 22.1. The molecule has 2 aromatic carbocycles. The molecule has 2 heterocycles. The Balaban J connectivity index is 1.76. The number of carbonyl (C=O) groups is 2. The highest BCUT2D eigenvalue weighted by atomic mass is 16.5. The van der Waals surface area contributed by atoms with Crippen LogP contribution in [-0.2, 0) is 20.7 Å². The van der Waals surface area contributed by atoms with Crippen LogP contribution < -0.4 is 14.2 Å². The molecule has 8 nitrogen and oxygen atoms in total. The first kappa shape index (κ1) is 26.5. The van der Waals surface area contributed by atoms with Crippen molar-refractivity contribution in [3.63, 3.8) is 0 Å². The first-order valence-electron chi connectivity index (χ1n) is 12.6. The van der Waals surface area contributed by atoms with Crippen molar-refractivity contribution in [1.29, 1.82) is 0 Å². The average Bonchev–Trinajstić information content (AvgIpc) is 3.37. The number of likely N-dealkylation sites (tertiary alicyclic amines) is 1. The van der Waals surface area contributed by atoms with Crippen molar-refractivity contribution < 1.29 is 33.6 Å². The van der Waals surface area contributed by atoms with Gasteiger partial charge in [0.25, 0.3) is 11.7 Å². The second-order valence-electron chi connectivity index (χ2n) is 9.88. The number of carbonyl (C=O) groups excluding carboxylic acids is 2. The summed E-state index contributed by atoms with van der Waals surface area (Å²) in [5.74, 6) is 0.689. The lowest BCUT2D eigenvalue weighted by molar-refractivity contribution is -0.140. The van der Waals surface area contributed by atoms with Crippen molar-refractivity contribution >= 4 is 17.4 Å². The molecule has 0 saturated carbocycles. The Morgan fingerprint density at radius 1 is 1.11 bits per heavy atom. The van der Waals surface area contributed by atoms with Crippen LogP contribution in [0.3, 0.4) is 0 Å². The molecule has 2 aliphatic rings. The van der Waals surface area contributed by atoms with E-state index < -0.39 is 17.7 Å². The fourth-order valence-corrected chi connectivity index (χ4v) is 4.75. The Morgan fingerprint density at radius 3 is 2.59 bits per heavy atom. The van der Waals surface area contributed by atoms with Crippen LogP contribution in [0.25, 0.3) is 5.76 Å². The Morgan fingerprint density at radius 2 is 1.89 bits per heavy atom. The number of aliphatic hydroxyl groups excluding tert-OH is 1. The zero-order chi connectivity index (χ0) is 26.7. The van der Waals surface area contributed by atoms with Gasteiger partial charge in [0.15, 0.2) is 11.5 Å². The van der Waals surface area contributed by atoms with Crippen molar-refractivity contribution in [2.45, 2.75) is 45.8 Å². The maximum atomic E-state index is 13.3. The first-order valence-corrected chi connectivity index (χ1v) is 12.6. The molecule has 8 heteroatoms. The number of rotatable bonds is 10. The van der Waals surface area contributed by atoms with Crippen molar-refractivity contribution in [3.8, 4) is 17.2 Å². The molecule has 2 aliphatic heterocycles. The number of benzene rings is 2. The maximum Gasteiger partial charge on any atom is 0.295 e. The van der Waals surface area contributed by atoms with Gasteiger partial charge in [0.05, 0.1) is 31.9 Å². The van der Waals surface area contributed by atoms with E-state index in [-0.39, 0.29) is 30.6 Å². The lowest BCUT2D eigenvalue weighted by Crippen LogP contribution is -2.32. The topological polar surface area (TPSA) is 94.5 Å².